The van der Waals surface area contributed by atoms with Gasteiger partial charge in [-0.15, -0.1) is 0 Å². The zero-order valence-electron chi connectivity index (χ0n) is 16.4. The number of aromatic nitrogens is 2. The Balaban J connectivity index is 1.83. The van der Waals surface area contributed by atoms with E-state index in [1.165, 1.54) is 5.56 Å². The van der Waals surface area contributed by atoms with Crippen molar-refractivity contribution in [3.05, 3.63) is 41.7 Å². The Kier molecular flexibility index (Phi) is 5.69. The number of anilines is 3. The molecule has 1 unspecified atom stereocenters. The second-order valence-electron chi connectivity index (χ2n) is 7.40. The number of nitrogens with zero attached hydrogens (tertiary/aromatic N) is 3. The first-order valence-corrected chi connectivity index (χ1v) is 11.3. The summed E-state index contributed by atoms with van der Waals surface area (Å²) in [4.78, 5) is 11.1. The number of rotatable bonds is 6. The molecule has 0 spiro atoms. The van der Waals surface area contributed by atoms with Crippen LogP contribution in [0.4, 0.5) is 17.3 Å². The minimum Gasteiger partial charge on any atom is -0.353 e. The van der Waals surface area contributed by atoms with E-state index >= 15 is 0 Å². The third-order valence-electron chi connectivity index (χ3n) is 4.96. The lowest BCUT2D eigenvalue weighted by molar-refractivity contribution is 0.599. The fraction of sp³-hybridized carbons (Fsp3) is 0.500. The van der Waals surface area contributed by atoms with Crippen LogP contribution in [0.2, 0.25) is 0 Å². The van der Waals surface area contributed by atoms with Crippen LogP contribution < -0.4 is 10.2 Å². The summed E-state index contributed by atoms with van der Waals surface area (Å²) in [6, 6.07) is 10.2. The van der Waals surface area contributed by atoms with Gasteiger partial charge in [0.2, 0.25) is 0 Å². The molecule has 0 aliphatic carbocycles. The Labute approximate surface area is 162 Å². The molecule has 1 saturated heterocycles. The number of benzene rings is 1. The summed E-state index contributed by atoms with van der Waals surface area (Å²) in [5.74, 6) is 3.10. The Bertz CT molecular complexity index is 895. The lowest BCUT2D eigenvalue weighted by atomic mass is 10.0. The van der Waals surface area contributed by atoms with E-state index in [9.17, 15) is 8.42 Å². The highest BCUT2D eigenvalue weighted by Crippen LogP contribution is 2.26. The normalized spacial score (nSPS) is 18.6. The van der Waals surface area contributed by atoms with Gasteiger partial charge in [-0.2, -0.15) is 0 Å². The second-order valence-corrected chi connectivity index (χ2v) is 9.63. The smallest absolute Gasteiger partial charge is 0.152 e. The lowest BCUT2D eigenvalue weighted by Gasteiger charge is -2.28. The molecule has 1 atom stereocenters. The molecule has 1 fully saturated rings. The van der Waals surface area contributed by atoms with Crippen LogP contribution in [-0.4, -0.2) is 42.5 Å². The third kappa shape index (κ3) is 4.77. The van der Waals surface area contributed by atoms with E-state index in [2.05, 4.69) is 46.2 Å². The average Bonchev–Trinajstić information content (AvgIpc) is 2.95. The minimum absolute atomic E-state index is 0.0209. The predicted octanol–water partition coefficient (Wildman–Crippen LogP) is 3.67. The molecule has 0 bridgehead atoms. The van der Waals surface area contributed by atoms with Crippen LogP contribution in [0.5, 0.6) is 0 Å². The van der Waals surface area contributed by atoms with Crippen molar-refractivity contribution in [3.8, 4) is 0 Å². The summed E-state index contributed by atoms with van der Waals surface area (Å²) in [7, 11) is -2.94. The van der Waals surface area contributed by atoms with Crippen LogP contribution in [0.1, 0.15) is 44.5 Å². The summed E-state index contributed by atoms with van der Waals surface area (Å²) < 4.78 is 23.7. The van der Waals surface area contributed by atoms with Gasteiger partial charge in [-0.3, -0.25) is 0 Å². The molecule has 7 heteroatoms. The van der Waals surface area contributed by atoms with Crippen LogP contribution in [0.25, 0.3) is 0 Å². The molecule has 0 radical (unpaired) electrons. The summed E-state index contributed by atoms with van der Waals surface area (Å²) in [6.07, 6.45) is 0.651. The van der Waals surface area contributed by atoms with Gasteiger partial charge in [0.1, 0.15) is 17.5 Å². The maximum Gasteiger partial charge on any atom is 0.152 e. The molecule has 3 rings (SSSR count). The Morgan fingerprint density at radius 1 is 1.22 bits per heavy atom. The standard InChI is InChI=1S/C20H28N4O2S/c1-5-24(18-10-11-27(25,26)13-18)20-12-19(21-15(4)22-20)23-17-8-6-16(7-9-17)14(2)3/h6-9,12,14,18H,5,10-11,13H2,1-4H3,(H,21,22,23). The maximum absolute atomic E-state index is 11.9. The summed E-state index contributed by atoms with van der Waals surface area (Å²) >= 11 is 0. The first-order valence-electron chi connectivity index (χ1n) is 9.47. The van der Waals surface area contributed by atoms with Gasteiger partial charge in [0.05, 0.1) is 11.5 Å². The fourth-order valence-electron chi connectivity index (χ4n) is 3.49. The molecule has 2 aromatic rings. The number of sulfone groups is 1. The first kappa shape index (κ1) is 19.6. The van der Waals surface area contributed by atoms with Gasteiger partial charge < -0.3 is 10.2 Å². The van der Waals surface area contributed by atoms with Crippen molar-refractivity contribution in [3.63, 3.8) is 0 Å². The van der Waals surface area contributed by atoms with E-state index < -0.39 is 9.84 Å². The van der Waals surface area contributed by atoms with E-state index in [0.717, 1.165) is 11.5 Å². The molecule has 146 valence electrons. The molecule has 0 saturated carbocycles. The van der Waals surface area contributed by atoms with Crippen LogP contribution in [-0.2, 0) is 9.84 Å². The van der Waals surface area contributed by atoms with Gasteiger partial charge in [0, 0.05) is 24.3 Å². The zero-order chi connectivity index (χ0) is 19.6. The van der Waals surface area contributed by atoms with Crippen LogP contribution in [0.15, 0.2) is 30.3 Å². The molecule has 6 nitrogen and oxygen atoms in total. The number of hydrogen-bond donors (Lipinski definition) is 1. The summed E-state index contributed by atoms with van der Waals surface area (Å²) in [6.45, 7) is 8.94. The number of hydrogen-bond acceptors (Lipinski definition) is 6. The van der Waals surface area contributed by atoms with Crippen LogP contribution in [0.3, 0.4) is 0 Å². The molecule has 27 heavy (non-hydrogen) atoms. The van der Waals surface area contributed by atoms with Crippen molar-refractivity contribution in [2.75, 3.05) is 28.3 Å². The molecule has 1 aromatic heterocycles. The monoisotopic (exact) mass is 388 g/mol. The Hall–Kier alpha value is -2.15. The largest absolute Gasteiger partial charge is 0.353 e. The maximum atomic E-state index is 11.9. The van der Waals surface area contributed by atoms with Crippen molar-refractivity contribution in [2.24, 2.45) is 0 Å². The van der Waals surface area contributed by atoms with Crippen molar-refractivity contribution < 1.29 is 8.42 Å². The van der Waals surface area contributed by atoms with E-state index in [1.54, 1.807) is 0 Å². The highest BCUT2D eigenvalue weighted by molar-refractivity contribution is 7.91. The fourth-order valence-corrected chi connectivity index (χ4v) is 5.22. The minimum atomic E-state index is -2.94. The van der Waals surface area contributed by atoms with Crippen molar-refractivity contribution in [1.29, 1.82) is 0 Å². The first-order chi connectivity index (χ1) is 12.8. The van der Waals surface area contributed by atoms with Crippen LogP contribution in [0, 0.1) is 6.92 Å². The highest BCUT2D eigenvalue weighted by Gasteiger charge is 2.32. The predicted molar refractivity (Wildman–Crippen MR) is 111 cm³/mol. The molecular weight excluding hydrogens is 360 g/mol. The molecule has 1 aromatic carbocycles. The lowest BCUT2D eigenvalue weighted by Crippen LogP contribution is -2.36. The molecule has 0 amide bonds. The van der Waals surface area contributed by atoms with Crippen molar-refractivity contribution in [1.82, 2.24) is 9.97 Å². The van der Waals surface area contributed by atoms with E-state index in [4.69, 9.17) is 0 Å². The average molecular weight is 389 g/mol. The van der Waals surface area contributed by atoms with Gasteiger partial charge >= 0.3 is 0 Å². The highest BCUT2D eigenvalue weighted by atomic mass is 32.2. The third-order valence-corrected chi connectivity index (χ3v) is 6.71. The van der Waals surface area contributed by atoms with Gasteiger partial charge in [-0.1, -0.05) is 26.0 Å². The van der Waals surface area contributed by atoms with Gasteiger partial charge in [0.25, 0.3) is 0 Å². The van der Waals surface area contributed by atoms with Gasteiger partial charge in [0.15, 0.2) is 9.84 Å². The van der Waals surface area contributed by atoms with Crippen molar-refractivity contribution in [2.45, 2.75) is 46.1 Å². The number of aryl methyl sites for hydroxylation is 1. The Morgan fingerprint density at radius 2 is 1.93 bits per heavy atom. The van der Waals surface area contributed by atoms with E-state index in [1.807, 2.05) is 32.0 Å². The molecular formula is C20H28N4O2S. The topological polar surface area (TPSA) is 75.2 Å². The second kappa shape index (κ2) is 7.84. The molecule has 1 aliphatic heterocycles. The SMILES string of the molecule is CCN(c1cc(Nc2ccc(C(C)C)cc2)nc(C)n1)C1CCS(=O)(=O)C1. The zero-order valence-corrected chi connectivity index (χ0v) is 17.3. The molecule has 1 aliphatic rings. The summed E-state index contributed by atoms with van der Waals surface area (Å²) in [5.41, 5.74) is 2.26. The van der Waals surface area contributed by atoms with Crippen LogP contribution >= 0.6 is 0 Å². The molecule has 2 heterocycles. The Morgan fingerprint density at radius 3 is 2.48 bits per heavy atom. The number of nitrogens with one attached hydrogen (secondary N) is 1. The van der Waals surface area contributed by atoms with E-state index in [-0.39, 0.29) is 17.5 Å². The van der Waals surface area contributed by atoms with Crippen molar-refractivity contribution >= 4 is 27.2 Å². The summed E-state index contributed by atoms with van der Waals surface area (Å²) in [5, 5.41) is 3.34. The van der Waals surface area contributed by atoms with Gasteiger partial charge in [-0.25, -0.2) is 18.4 Å². The quantitative estimate of drug-likeness (QED) is 0.814. The van der Waals surface area contributed by atoms with E-state index in [0.29, 0.717) is 30.5 Å². The van der Waals surface area contributed by atoms with Gasteiger partial charge in [-0.05, 0) is 43.9 Å². The molecule has 1 N–H and O–H groups in total.